The number of nitrogens with one attached hydrogen (secondary N) is 1. The molecule has 7 nitrogen and oxygen atoms in total. The molecule has 0 aliphatic rings. The third-order valence-corrected chi connectivity index (χ3v) is 4.30. The summed E-state index contributed by atoms with van der Waals surface area (Å²) in [5, 5.41) is 3.16. The van der Waals surface area contributed by atoms with E-state index in [2.05, 4.69) is 15.3 Å². The Hall–Kier alpha value is -3.74. The first kappa shape index (κ1) is 20.0. The molecule has 0 spiro atoms. The maximum Gasteiger partial charge on any atom is 0.254 e. The number of rotatable bonds is 5. The molecule has 0 bridgehead atoms. The molecule has 1 N–H and O–H groups in total. The summed E-state index contributed by atoms with van der Waals surface area (Å²) < 4.78 is 0. The van der Waals surface area contributed by atoms with Crippen LogP contribution in [-0.4, -0.2) is 59.8 Å². The van der Waals surface area contributed by atoms with Crippen molar-refractivity contribution in [3.8, 4) is 11.1 Å². The normalized spacial score (nSPS) is 10.3. The lowest BCUT2D eigenvalue weighted by atomic mass is 10.1. The number of carbonyl (C=O) groups excluding carboxylic acids is 2. The molecule has 2 amide bonds. The second-order valence-electron chi connectivity index (χ2n) is 7.00. The van der Waals surface area contributed by atoms with Gasteiger partial charge in [0.1, 0.15) is 5.82 Å². The van der Waals surface area contributed by atoms with E-state index >= 15 is 0 Å². The Labute approximate surface area is 170 Å². The number of aromatic nitrogens is 2. The molecule has 0 unspecified atom stereocenters. The van der Waals surface area contributed by atoms with Gasteiger partial charge in [0.25, 0.3) is 11.8 Å². The fourth-order valence-electron chi connectivity index (χ4n) is 2.73. The predicted molar refractivity (Wildman–Crippen MR) is 113 cm³/mol. The zero-order chi connectivity index (χ0) is 21.0. The number of benzene rings is 1. The SMILES string of the molecule is CN(C)C(=O)c1ccc(-c2ccc(Nc3cncc(C(=O)N(C)C)c3)nc2)cc1. The van der Waals surface area contributed by atoms with E-state index < -0.39 is 0 Å². The Kier molecular flexibility index (Phi) is 5.87. The van der Waals surface area contributed by atoms with Crippen molar-refractivity contribution in [2.45, 2.75) is 0 Å². The minimum absolute atomic E-state index is 0.0298. The number of amides is 2. The van der Waals surface area contributed by atoms with E-state index in [4.69, 9.17) is 0 Å². The molecular formula is C22H23N5O2. The minimum atomic E-state index is -0.111. The van der Waals surface area contributed by atoms with Crippen molar-refractivity contribution in [2.24, 2.45) is 0 Å². The molecule has 3 rings (SSSR count). The number of anilines is 2. The van der Waals surface area contributed by atoms with Crippen LogP contribution >= 0.6 is 0 Å². The number of nitrogens with zero attached hydrogens (tertiary/aromatic N) is 4. The molecule has 0 atom stereocenters. The van der Waals surface area contributed by atoms with Crippen LogP contribution in [0.15, 0.2) is 61.1 Å². The van der Waals surface area contributed by atoms with Gasteiger partial charge in [-0.15, -0.1) is 0 Å². The number of hydrogen-bond donors (Lipinski definition) is 1. The van der Waals surface area contributed by atoms with Crippen molar-refractivity contribution >= 4 is 23.3 Å². The lowest BCUT2D eigenvalue weighted by molar-refractivity contribution is 0.0820. The molecule has 2 heterocycles. The van der Waals surface area contributed by atoms with Gasteiger partial charge >= 0.3 is 0 Å². The van der Waals surface area contributed by atoms with E-state index in [9.17, 15) is 9.59 Å². The highest BCUT2D eigenvalue weighted by molar-refractivity contribution is 5.95. The van der Waals surface area contributed by atoms with Gasteiger partial charge in [-0.25, -0.2) is 4.98 Å². The van der Waals surface area contributed by atoms with Gasteiger partial charge in [-0.2, -0.15) is 0 Å². The van der Waals surface area contributed by atoms with Gasteiger partial charge in [-0.1, -0.05) is 12.1 Å². The first-order chi connectivity index (χ1) is 13.8. The summed E-state index contributed by atoms with van der Waals surface area (Å²) in [6, 6.07) is 13.0. The Balaban J connectivity index is 1.73. The number of pyridine rings is 2. The van der Waals surface area contributed by atoms with Gasteiger partial charge in [0, 0.05) is 51.7 Å². The van der Waals surface area contributed by atoms with Gasteiger partial charge in [-0.05, 0) is 35.9 Å². The number of carbonyl (C=O) groups is 2. The van der Waals surface area contributed by atoms with Crippen LogP contribution in [0.4, 0.5) is 11.5 Å². The largest absolute Gasteiger partial charge is 0.345 e. The van der Waals surface area contributed by atoms with E-state index in [-0.39, 0.29) is 11.8 Å². The Morgan fingerprint density at radius 3 is 1.97 bits per heavy atom. The third kappa shape index (κ3) is 4.76. The molecule has 7 heteroatoms. The lowest BCUT2D eigenvalue weighted by Crippen LogP contribution is -2.21. The van der Waals surface area contributed by atoms with Crippen LogP contribution in [0.3, 0.4) is 0 Å². The van der Waals surface area contributed by atoms with Crippen molar-refractivity contribution in [2.75, 3.05) is 33.5 Å². The molecular weight excluding hydrogens is 366 g/mol. The quantitative estimate of drug-likeness (QED) is 0.724. The molecule has 0 aliphatic heterocycles. The van der Waals surface area contributed by atoms with Gasteiger partial charge in [0.05, 0.1) is 17.4 Å². The van der Waals surface area contributed by atoms with Crippen molar-refractivity contribution in [1.29, 1.82) is 0 Å². The summed E-state index contributed by atoms with van der Waals surface area (Å²) in [5.74, 6) is 0.503. The molecule has 0 saturated heterocycles. The summed E-state index contributed by atoms with van der Waals surface area (Å²) in [4.78, 5) is 35.7. The van der Waals surface area contributed by atoms with Crippen LogP contribution < -0.4 is 5.32 Å². The summed E-state index contributed by atoms with van der Waals surface area (Å²) in [7, 11) is 6.86. The highest BCUT2D eigenvalue weighted by Crippen LogP contribution is 2.22. The van der Waals surface area contributed by atoms with Gasteiger partial charge in [-0.3, -0.25) is 14.6 Å². The maximum atomic E-state index is 12.1. The standard InChI is InChI=1S/C22H23N5O2/c1-26(2)21(28)16-7-5-15(6-8-16)17-9-10-20(24-13-17)25-19-11-18(12-23-14-19)22(29)27(3)4/h5-14H,1-4H3,(H,24,25). The molecule has 2 aromatic heterocycles. The monoisotopic (exact) mass is 389 g/mol. The van der Waals surface area contributed by atoms with Crippen molar-refractivity contribution in [3.05, 3.63) is 72.2 Å². The lowest BCUT2D eigenvalue weighted by Gasteiger charge is -2.12. The van der Waals surface area contributed by atoms with E-state index in [1.165, 1.54) is 11.1 Å². The van der Waals surface area contributed by atoms with E-state index in [1.807, 2.05) is 36.4 Å². The minimum Gasteiger partial charge on any atom is -0.345 e. The van der Waals surface area contributed by atoms with Crippen LogP contribution in [0.1, 0.15) is 20.7 Å². The topological polar surface area (TPSA) is 78.4 Å². The zero-order valence-electron chi connectivity index (χ0n) is 16.9. The summed E-state index contributed by atoms with van der Waals surface area (Å²) in [6.45, 7) is 0. The molecule has 148 valence electrons. The Morgan fingerprint density at radius 2 is 1.38 bits per heavy atom. The van der Waals surface area contributed by atoms with Gasteiger partial charge in [0.2, 0.25) is 0 Å². The molecule has 3 aromatic rings. The fraction of sp³-hybridized carbons (Fsp3) is 0.182. The Morgan fingerprint density at radius 1 is 0.759 bits per heavy atom. The zero-order valence-corrected chi connectivity index (χ0v) is 16.9. The van der Waals surface area contributed by atoms with Crippen LogP contribution in [0.2, 0.25) is 0 Å². The van der Waals surface area contributed by atoms with Crippen LogP contribution in [0.25, 0.3) is 11.1 Å². The summed E-state index contributed by atoms with van der Waals surface area (Å²) in [6.07, 6.45) is 4.94. The third-order valence-electron chi connectivity index (χ3n) is 4.30. The molecule has 0 fully saturated rings. The highest BCUT2D eigenvalue weighted by Gasteiger charge is 2.10. The second-order valence-corrected chi connectivity index (χ2v) is 7.00. The van der Waals surface area contributed by atoms with Crippen molar-refractivity contribution < 1.29 is 9.59 Å². The second kappa shape index (κ2) is 8.52. The maximum absolute atomic E-state index is 12.1. The molecule has 0 radical (unpaired) electrons. The molecule has 29 heavy (non-hydrogen) atoms. The highest BCUT2D eigenvalue weighted by atomic mass is 16.2. The smallest absolute Gasteiger partial charge is 0.254 e. The average Bonchev–Trinajstić information content (AvgIpc) is 2.73. The van der Waals surface area contributed by atoms with Crippen LogP contribution in [0.5, 0.6) is 0 Å². The summed E-state index contributed by atoms with van der Waals surface area (Å²) in [5.41, 5.74) is 3.74. The van der Waals surface area contributed by atoms with Crippen LogP contribution in [-0.2, 0) is 0 Å². The van der Waals surface area contributed by atoms with Gasteiger partial charge in [0.15, 0.2) is 0 Å². The first-order valence-corrected chi connectivity index (χ1v) is 9.07. The van der Waals surface area contributed by atoms with Crippen molar-refractivity contribution in [3.63, 3.8) is 0 Å². The number of hydrogen-bond acceptors (Lipinski definition) is 5. The predicted octanol–water partition coefficient (Wildman–Crippen LogP) is 3.29. The van der Waals surface area contributed by atoms with E-state index in [0.717, 1.165) is 11.1 Å². The van der Waals surface area contributed by atoms with E-state index in [0.29, 0.717) is 22.6 Å². The average molecular weight is 389 g/mol. The Bertz CT molecular complexity index is 1010. The van der Waals surface area contributed by atoms with Crippen molar-refractivity contribution in [1.82, 2.24) is 19.8 Å². The molecule has 0 aliphatic carbocycles. The first-order valence-electron chi connectivity index (χ1n) is 9.07. The molecule has 1 aromatic carbocycles. The van der Waals surface area contributed by atoms with E-state index in [1.54, 1.807) is 51.6 Å². The van der Waals surface area contributed by atoms with Crippen LogP contribution in [0, 0.1) is 0 Å². The fourth-order valence-corrected chi connectivity index (χ4v) is 2.73. The molecule has 0 saturated carbocycles. The van der Waals surface area contributed by atoms with Gasteiger partial charge < -0.3 is 15.1 Å². The summed E-state index contributed by atoms with van der Waals surface area (Å²) >= 11 is 0.